The Balaban J connectivity index is 0. The van der Waals surface area contributed by atoms with Crippen LogP contribution in [0.5, 0.6) is 0 Å². The van der Waals surface area contributed by atoms with Crippen LogP contribution in [-0.4, -0.2) is 70.3 Å². The molecule has 0 aliphatic rings. The Morgan fingerprint density at radius 1 is 0.968 bits per heavy atom. The summed E-state index contributed by atoms with van der Waals surface area (Å²) < 4.78 is 20.4. The Morgan fingerprint density at radius 3 is 1.55 bits per heavy atom. The minimum Gasteiger partial charge on any atom is -0.425 e. The third-order valence-electron chi connectivity index (χ3n) is 3.32. The van der Waals surface area contributed by atoms with Crippen LogP contribution in [0.1, 0.15) is 6.92 Å². The summed E-state index contributed by atoms with van der Waals surface area (Å²) in [6.07, 6.45) is 10.1. The molecular formula is C18H22BMoN6O5+. The molecule has 0 spiro atoms. The van der Waals surface area contributed by atoms with Crippen molar-refractivity contribution in [1.29, 1.82) is 0 Å². The van der Waals surface area contributed by atoms with E-state index in [2.05, 4.69) is 35.2 Å². The van der Waals surface area contributed by atoms with Gasteiger partial charge in [0.25, 0.3) is 7.12 Å². The van der Waals surface area contributed by atoms with Crippen LogP contribution in [0.4, 0.5) is 0 Å². The van der Waals surface area contributed by atoms with E-state index in [9.17, 15) is 0 Å². The van der Waals surface area contributed by atoms with Crippen molar-refractivity contribution in [3.8, 4) is 0 Å². The van der Waals surface area contributed by atoms with E-state index in [4.69, 9.17) is 24.6 Å². The second-order valence-corrected chi connectivity index (χ2v) is 5.56. The zero-order valence-corrected chi connectivity index (χ0v) is 18.7. The molecule has 0 unspecified atom stereocenters. The molecule has 3 aromatic rings. The molecule has 0 saturated heterocycles. The summed E-state index contributed by atoms with van der Waals surface area (Å²) >= 11 is 0. The summed E-state index contributed by atoms with van der Waals surface area (Å²) in [5.41, 5.74) is 0.667. The van der Waals surface area contributed by atoms with Crippen molar-refractivity contribution in [3.05, 3.63) is 87.3 Å². The van der Waals surface area contributed by atoms with Gasteiger partial charge in [0.1, 0.15) is 6.10 Å². The van der Waals surface area contributed by atoms with Gasteiger partial charge in [0.15, 0.2) is 0 Å². The van der Waals surface area contributed by atoms with Gasteiger partial charge < -0.3 is 29.1 Å². The van der Waals surface area contributed by atoms with Crippen molar-refractivity contribution in [1.82, 2.24) is 29.1 Å². The van der Waals surface area contributed by atoms with Crippen LogP contribution in [0.2, 0.25) is 0 Å². The zero-order valence-electron chi connectivity index (χ0n) is 16.7. The molecule has 0 bridgehead atoms. The van der Waals surface area contributed by atoms with Crippen molar-refractivity contribution in [2.45, 2.75) is 19.1 Å². The first-order valence-corrected chi connectivity index (χ1v) is 8.38. The average molecular weight is 509 g/mol. The maximum Gasteiger partial charge on any atom is 2.00 e. The van der Waals surface area contributed by atoms with E-state index in [-0.39, 0.29) is 28.2 Å². The van der Waals surface area contributed by atoms with Crippen molar-refractivity contribution in [3.63, 3.8) is 0 Å². The summed E-state index contributed by atoms with van der Waals surface area (Å²) in [5, 5.41) is 38.8. The SMILES string of the molecule is C=C(C)[CH][C@H](O)[C@@H](O)CO.[C-]#[O+].[C-]#[O+].[Mo+2].c1cnn([B-](n2cccn2)n2cccn2)c1. The number of aliphatic hydroxyl groups is 3. The Morgan fingerprint density at radius 2 is 1.32 bits per heavy atom. The van der Waals surface area contributed by atoms with Gasteiger partial charge in [-0.2, -0.15) is 0 Å². The quantitative estimate of drug-likeness (QED) is 0.224. The topological polar surface area (TPSA) is 154 Å². The van der Waals surface area contributed by atoms with Gasteiger partial charge in [0.05, 0.1) is 12.7 Å². The van der Waals surface area contributed by atoms with Gasteiger partial charge in [-0.15, -0.1) is 0 Å². The molecular weight excluding hydrogens is 487 g/mol. The van der Waals surface area contributed by atoms with Crippen LogP contribution >= 0.6 is 0 Å². The molecule has 2 atom stereocenters. The fourth-order valence-electron chi connectivity index (χ4n) is 2.13. The first kappa shape index (κ1) is 30.7. The van der Waals surface area contributed by atoms with Gasteiger partial charge in [-0.1, -0.05) is 12.2 Å². The third kappa shape index (κ3) is 10.9. The molecule has 162 valence electrons. The number of hydrogen-bond acceptors (Lipinski definition) is 6. The predicted molar refractivity (Wildman–Crippen MR) is 105 cm³/mol. The molecule has 3 rings (SSSR count). The van der Waals surface area contributed by atoms with Crippen molar-refractivity contribution < 1.29 is 45.7 Å². The third-order valence-corrected chi connectivity index (χ3v) is 3.32. The Hall–Kier alpha value is -2.52. The van der Waals surface area contributed by atoms with Gasteiger partial charge in [-0.05, 0) is 43.7 Å². The molecule has 13 heteroatoms. The van der Waals surface area contributed by atoms with Crippen LogP contribution in [0.3, 0.4) is 0 Å². The minimum atomic E-state index is -1.10. The van der Waals surface area contributed by atoms with E-state index in [1.807, 2.05) is 36.8 Å². The van der Waals surface area contributed by atoms with E-state index in [0.29, 0.717) is 5.57 Å². The van der Waals surface area contributed by atoms with Gasteiger partial charge in [-0.3, -0.25) is 0 Å². The van der Waals surface area contributed by atoms with Gasteiger partial charge in [0, 0.05) is 25.0 Å². The second kappa shape index (κ2) is 18.3. The molecule has 0 amide bonds. The molecule has 2 radical (unpaired) electrons. The monoisotopic (exact) mass is 511 g/mol. The normalized spacial score (nSPS) is 11.1. The Bertz CT molecular complexity index is 752. The standard InChI is InChI=1S/C9H9BN6.C7H13O3.2CO.Mo/c1-4-11-14(7-1)10(15-8-2-5-12-15)16-9-3-6-13-16;1-5(2)3-6(9)7(10)4-8;2*1-2;/h1-9H;3,6-10H,1,4H2,2H3;;;/q-1;;;;+2/t;6-,7-;;;/m.0.../s1. The van der Waals surface area contributed by atoms with Crippen LogP contribution in [0.25, 0.3) is 0 Å². The van der Waals surface area contributed by atoms with E-state index < -0.39 is 18.8 Å². The molecule has 3 aromatic heterocycles. The molecule has 11 nitrogen and oxygen atoms in total. The van der Waals surface area contributed by atoms with Gasteiger partial charge in [-0.25, -0.2) is 15.3 Å². The minimum absolute atomic E-state index is 0. The average Bonchev–Trinajstić information content (AvgIpc) is 3.55. The zero-order chi connectivity index (χ0) is 22.9. The van der Waals surface area contributed by atoms with Gasteiger partial charge in [0.2, 0.25) is 0 Å². The maximum atomic E-state index is 8.96. The molecule has 0 fully saturated rings. The van der Waals surface area contributed by atoms with Gasteiger partial charge >= 0.3 is 43.7 Å². The summed E-state index contributed by atoms with van der Waals surface area (Å²) in [6.45, 7) is 13.8. The van der Waals surface area contributed by atoms with Crippen molar-refractivity contribution in [2.24, 2.45) is 0 Å². The van der Waals surface area contributed by atoms with E-state index >= 15 is 0 Å². The Kier molecular flexibility index (Phi) is 18.1. The maximum absolute atomic E-state index is 8.96. The molecule has 3 N–H and O–H groups in total. The van der Waals surface area contributed by atoms with Crippen molar-refractivity contribution in [2.75, 3.05) is 6.61 Å². The number of nitrogens with zero attached hydrogens (tertiary/aromatic N) is 6. The molecule has 31 heavy (non-hydrogen) atoms. The van der Waals surface area contributed by atoms with Crippen LogP contribution in [0, 0.1) is 19.7 Å². The van der Waals surface area contributed by atoms with Crippen LogP contribution < -0.4 is 0 Å². The largest absolute Gasteiger partial charge is 2.00 e. The molecule has 3 heterocycles. The first-order chi connectivity index (χ1) is 14.5. The fraction of sp³-hybridized carbons (Fsp3) is 0.222. The van der Waals surface area contributed by atoms with E-state index in [1.54, 1.807) is 39.3 Å². The second-order valence-electron chi connectivity index (χ2n) is 5.56. The number of rotatable bonds is 7. The molecule has 0 aliphatic carbocycles. The molecule has 0 saturated carbocycles. The Labute approximate surface area is 194 Å². The number of hydrogen-bond donors (Lipinski definition) is 3. The summed E-state index contributed by atoms with van der Waals surface area (Å²) in [5.74, 6) is 0. The molecule has 0 aliphatic heterocycles. The summed E-state index contributed by atoms with van der Waals surface area (Å²) in [6, 6.07) is 5.62. The van der Waals surface area contributed by atoms with Crippen molar-refractivity contribution >= 4 is 7.12 Å². The van der Waals surface area contributed by atoms with Crippen LogP contribution in [-0.2, 0) is 30.4 Å². The predicted octanol–water partition coefficient (Wildman–Crippen LogP) is -0.391. The van der Waals surface area contributed by atoms with E-state index in [1.165, 1.54) is 6.42 Å². The molecule has 0 aromatic carbocycles. The summed E-state index contributed by atoms with van der Waals surface area (Å²) in [4.78, 5) is 0. The number of aliphatic hydroxyl groups excluding tert-OH is 3. The van der Waals surface area contributed by atoms with Crippen LogP contribution in [0.15, 0.2) is 67.5 Å². The fourth-order valence-corrected chi connectivity index (χ4v) is 2.13. The smallest absolute Gasteiger partial charge is 0.425 e. The van der Waals surface area contributed by atoms with E-state index in [0.717, 1.165) is 0 Å². The first-order valence-electron chi connectivity index (χ1n) is 8.38. The number of aromatic nitrogens is 6. The summed E-state index contributed by atoms with van der Waals surface area (Å²) in [7, 11) is -0.194.